The summed E-state index contributed by atoms with van der Waals surface area (Å²) in [5.41, 5.74) is 1.22. The van der Waals surface area contributed by atoms with Crippen LogP contribution in [0.25, 0.3) is 0 Å². The van der Waals surface area contributed by atoms with Gasteiger partial charge in [0.15, 0.2) is 0 Å². The second-order valence-electron chi connectivity index (χ2n) is 4.35. The number of rotatable bonds is 4. The molecule has 0 amide bonds. The van der Waals surface area contributed by atoms with Gasteiger partial charge in [-0.05, 0) is 18.1 Å². The smallest absolute Gasteiger partial charge is 0.0453 e. The topological polar surface area (TPSA) is 15.3 Å². The van der Waals surface area contributed by atoms with E-state index < -0.39 is 0 Å². The van der Waals surface area contributed by atoms with Gasteiger partial charge in [-0.2, -0.15) is 0 Å². The van der Waals surface area contributed by atoms with Crippen LogP contribution < -0.4 is 5.32 Å². The molecule has 1 N–H and O–H groups in total. The molecule has 1 aromatic rings. The average Bonchev–Trinajstić information content (AvgIpc) is 2.38. The minimum Gasteiger partial charge on any atom is -0.314 e. The van der Waals surface area contributed by atoms with Crippen molar-refractivity contribution in [3.8, 4) is 0 Å². The van der Waals surface area contributed by atoms with Crippen molar-refractivity contribution in [2.24, 2.45) is 0 Å². The Bertz CT molecular complexity index is 372. The summed E-state index contributed by atoms with van der Waals surface area (Å²) in [5, 5.41) is 4.24. The quantitative estimate of drug-likeness (QED) is 0.827. The highest BCUT2D eigenvalue weighted by Crippen LogP contribution is 2.30. The van der Waals surface area contributed by atoms with Crippen LogP contribution in [0.4, 0.5) is 0 Å². The summed E-state index contributed by atoms with van der Waals surface area (Å²) in [6.45, 7) is 8.12. The van der Waals surface area contributed by atoms with Gasteiger partial charge < -0.3 is 5.32 Å². The van der Waals surface area contributed by atoms with Crippen molar-refractivity contribution in [1.29, 1.82) is 0 Å². The third-order valence-electron chi connectivity index (χ3n) is 3.25. The Morgan fingerprint density at radius 1 is 1.35 bits per heavy atom. The van der Waals surface area contributed by atoms with E-state index in [1.165, 1.54) is 5.56 Å². The molecule has 0 saturated carbocycles. The summed E-state index contributed by atoms with van der Waals surface area (Å²) in [6, 6.07) is 8.49. The van der Waals surface area contributed by atoms with Gasteiger partial charge >= 0.3 is 0 Å². The Hall–Kier alpha value is -0.830. The van der Waals surface area contributed by atoms with Gasteiger partial charge in [0.05, 0.1) is 0 Å². The molecule has 1 atom stereocenters. The lowest BCUT2D eigenvalue weighted by Gasteiger charge is -2.35. The molecule has 1 saturated heterocycles. The first kappa shape index (κ1) is 12.6. The van der Waals surface area contributed by atoms with Crippen LogP contribution in [0.5, 0.6) is 0 Å². The number of hydrogen-bond donors (Lipinski definition) is 1. The van der Waals surface area contributed by atoms with E-state index >= 15 is 0 Å². The monoisotopic (exact) mass is 250 g/mol. The zero-order valence-corrected chi connectivity index (χ0v) is 10.8. The normalized spacial score (nSPS) is 18.9. The van der Waals surface area contributed by atoms with Gasteiger partial charge in [-0.25, -0.2) is 0 Å². The molecule has 0 aromatic heterocycles. The van der Waals surface area contributed by atoms with Crippen molar-refractivity contribution in [1.82, 2.24) is 10.2 Å². The minimum absolute atomic E-state index is 0.364. The second kappa shape index (κ2) is 6.20. The Balaban J connectivity index is 2.21. The van der Waals surface area contributed by atoms with Crippen molar-refractivity contribution in [2.75, 3.05) is 26.2 Å². The molecule has 0 unspecified atom stereocenters. The summed E-state index contributed by atoms with van der Waals surface area (Å²) in [6.07, 6.45) is 2.93. The van der Waals surface area contributed by atoms with Crippen LogP contribution >= 0.6 is 11.6 Å². The van der Waals surface area contributed by atoms with Gasteiger partial charge in [0.25, 0.3) is 0 Å². The number of benzene rings is 1. The highest BCUT2D eigenvalue weighted by atomic mass is 35.5. The van der Waals surface area contributed by atoms with Crippen LogP contribution in [0.2, 0.25) is 5.02 Å². The first-order chi connectivity index (χ1) is 8.33. The summed E-state index contributed by atoms with van der Waals surface area (Å²) < 4.78 is 0. The third-order valence-corrected chi connectivity index (χ3v) is 3.59. The molecule has 1 aliphatic heterocycles. The first-order valence-corrected chi connectivity index (χ1v) is 6.51. The predicted octanol–water partition coefficient (Wildman–Crippen LogP) is 2.86. The van der Waals surface area contributed by atoms with E-state index in [4.69, 9.17) is 11.6 Å². The van der Waals surface area contributed by atoms with Crippen LogP contribution in [-0.2, 0) is 0 Å². The fourth-order valence-corrected chi connectivity index (χ4v) is 2.63. The van der Waals surface area contributed by atoms with E-state index in [2.05, 4.69) is 28.9 Å². The maximum Gasteiger partial charge on any atom is 0.0453 e. The van der Waals surface area contributed by atoms with Gasteiger partial charge in [-0.3, -0.25) is 4.90 Å². The van der Waals surface area contributed by atoms with Gasteiger partial charge in [-0.15, -0.1) is 6.58 Å². The van der Waals surface area contributed by atoms with Crippen LogP contribution in [-0.4, -0.2) is 31.1 Å². The maximum atomic E-state index is 6.30. The Morgan fingerprint density at radius 2 is 2.06 bits per heavy atom. The van der Waals surface area contributed by atoms with E-state index in [0.717, 1.165) is 37.6 Å². The zero-order valence-electron chi connectivity index (χ0n) is 10.0. The highest BCUT2D eigenvalue weighted by Gasteiger charge is 2.22. The molecule has 1 heterocycles. The number of piperazine rings is 1. The van der Waals surface area contributed by atoms with E-state index in [1.54, 1.807) is 0 Å². The van der Waals surface area contributed by atoms with Crippen LogP contribution in [0.3, 0.4) is 0 Å². The minimum atomic E-state index is 0.364. The molecular formula is C14H19ClN2. The fourth-order valence-electron chi connectivity index (χ4n) is 2.37. The van der Waals surface area contributed by atoms with Crippen LogP contribution in [0.1, 0.15) is 18.0 Å². The van der Waals surface area contributed by atoms with E-state index in [9.17, 15) is 0 Å². The van der Waals surface area contributed by atoms with Crippen molar-refractivity contribution in [3.63, 3.8) is 0 Å². The standard InChI is InChI=1S/C14H19ClN2/c1-2-5-14(17-10-8-16-9-11-17)12-6-3-4-7-13(12)15/h2-4,6-7,14,16H,1,5,8-11H2/t14-/m0/s1. The van der Waals surface area contributed by atoms with Gasteiger partial charge in [-0.1, -0.05) is 35.9 Å². The largest absolute Gasteiger partial charge is 0.314 e. The lowest BCUT2D eigenvalue weighted by molar-refractivity contribution is 0.174. The predicted molar refractivity (Wildman–Crippen MR) is 73.4 cm³/mol. The Labute approximate surface area is 108 Å². The molecule has 1 fully saturated rings. The summed E-state index contributed by atoms with van der Waals surface area (Å²) in [5.74, 6) is 0. The number of hydrogen-bond acceptors (Lipinski definition) is 2. The first-order valence-electron chi connectivity index (χ1n) is 6.13. The summed E-state index contributed by atoms with van der Waals surface area (Å²) in [4.78, 5) is 2.49. The second-order valence-corrected chi connectivity index (χ2v) is 4.75. The lowest BCUT2D eigenvalue weighted by Crippen LogP contribution is -2.45. The van der Waals surface area contributed by atoms with Gasteiger partial charge in [0.2, 0.25) is 0 Å². The van der Waals surface area contributed by atoms with Crippen molar-refractivity contribution >= 4 is 11.6 Å². The van der Waals surface area contributed by atoms with Gasteiger partial charge in [0.1, 0.15) is 0 Å². The molecule has 17 heavy (non-hydrogen) atoms. The number of nitrogens with zero attached hydrogens (tertiary/aromatic N) is 1. The Kier molecular flexibility index (Phi) is 4.60. The van der Waals surface area contributed by atoms with E-state index in [1.807, 2.05) is 18.2 Å². The summed E-state index contributed by atoms with van der Waals surface area (Å²) in [7, 11) is 0. The van der Waals surface area contributed by atoms with E-state index in [0.29, 0.717) is 6.04 Å². The molecule has 2 rings (SSSR count). The molecule has 0 bridgehead atoms. The third kappa shape index (κ3) is 3.09. The van der Waals surface area contributed by atoms with Crippen molar-refractivity contribution < 1.29 is 0 Å². The average molecular weight is 251 g/mol. The molecule has 2 nitrogen and oxygen atoms in total. The van der Waals surface area contributed by atoms with E-state index in [-0.39, 0.29) is 0 Å². The molecule has 1 aromatic carbocycles. The summed E-state index contributed by atoms with van der Waals surface area (Å²) >= 11 is 6.30. The highest BCUT2D eigenvalue weighted by molar-refractivity contribution is 6.31. The molecular weight excluding hydrogens is 232 g/mol. The van der Waals surface area contributed by atoms with Crippen molar-refractivity contribution in [2.45, 2.75) is 12.5 Å². The lowest BCUT2D eigenvalue weighted by atomic mass is 10.0. The number of nitrogens with one attached hydrogen (secondary N) is 1. The van der Waals surface area contributed by atoms with Crippen LogP contribution in [0, 0.1) is 0 Å². The molecule has 0 spiro atoms. The van der Waals surface area contributed by atoms with Crippen LogP contribution in [0.15, 0.2) is 36.9 Å². The molecule has 92 valence electrons. The molecule has 0 radical (unpaired) electrons. The zero-order chi connectivity index (χ0) is 12.1. The Morgan fingerprint density at radius 3 is 2.71 bits per heavy atom. The molecule has 3 heteroatoms. The SMILES string of the molecule is C=CC[C@@H](c1ccccc1Cl)N1CCNCC1. The molecule has 1 aliphatic rings. The fraction of sp³-hybridized carbons (Fsp3) is 0.429. The molecule has 0 aliphatic carbocycles. The maximum absolute atomic E-state index is 6.30. The van der Waals surface area contributed by atoms with Gasteiger partial charge in [0, 0.05) is 37.2 Å². The number of halogens is 1. The van der Waals surface area contributed by atoms with Crippen molar-refractivity contribution in [3.05, 3.63) is 47.5 Å².